The highest BCUT2D eigenvalue weighted by Gasteiger charge is 2.04. The van der Waals surface area contributed by atoms with E-state index < -0.39 is 5.97 Å². The number of aromatic carboxylic acids is 1. The van der Waals surface area contributed by atoms with Crippen LogP contribution in [0.3, 0.4) is 0 Å². The summed E-state index contributed by atoms with van der Waals surface area (Å²) in [5.41, 5.74) is 0.678. The van der Waals surface area contributed by atoms with Crippen LogP contribution in [-0.2, 0) is 0 Å². The molecule has 0 aliphatic carbocycles. The minimum atomic E-state index is -0.943. The van der Waals surface area contributed by atoms with Crippen LogP contribution in [0.15, 0.2) is 12.3 Å². The van der Waals surface area contributed by atoms with Crippen molar-refractivity contribution in [3.8, 4) is 0 Å². The van der Waals surface area contributed by atoms with Gasteiger partial charge >= 0.3 is 5.97 Å². The molecule has 0 fully saturated rings. The number of hydrogen-bond acceptors (Lipinski definition) is 1. The van der Waals surface area contributed by atoms with Gasteiger partial charge in [0.2, 0.25) is 0 Å². The Balaban J connectivity index is 3.08. The van der Waals surface area contributed by atoms with Crippen molar-refractivity contribution < 1.29 is 9.90 Å². The van der Waals surface area contributed by atoms with Gasteiger partial charge in [-0.25, -0.2) is 4.79 Å². The molecule has 1 rings (SSSR count). The molecule has 2 N–H and O–H groups in total. The van der Waals surface area contributed by atoms with Gasteiger partial charge in [0.25, 0.3) is 0 Å². The fourth-order valence-corrected chi connectivity index (χ4v) is 0.604. The fraction of sp³-hybridized carbons (Fsp3) is 0. The highest BCUT2D eigenvalue weighted by atomic mass is 16.4. The Labute approximate surface area is 52.3 Å². The van der Waals surface area contributed by atoms with Gasteiger partial charge in [-0.15, -0.1) is 0 Å². The van der Waals surface area contributed by atoms with E-state index in [4.69, 9.17) is 5.11 Å². The average Bonchev–Trinajstić information content (AvgIpc) is 2.13. The first-order chi connectivity index (χ1) is 4.22. The summed E-state index contributed by atoms with van der Waals surface area (Å²) in [5.74, 6) is -0.943. The van der Waals surface area contributed by atoms with Crippen molar-refractivity contribution in [2.75, 3.05) is 0 Å². The lowest BCUT2D eigenvalue weighted by Crippen LogP contribution is -1.95. The third-order valence-corrected chi connectivity index (χ3v) is 1.06. The van der Waals surface area contributed by atoms with E-state index in [1.165, 1.54) is 6.07 Å². The van der Waals surface area contributed by atoms with Gasteiger partial charge in [0, 0.05) is 11.9 Å². The second kappa shape index (κ2) is 1.93. The Morgan fingerprint density at radius 1 is 1.78 bits per heavy atom. The molecule has 0 unspecified atom stereocenters. The Morgan fingerprint density at radius 2 is 2.44 bits per heavy atom. The van der Waals surface area contributed by atoms with E-state index >= 15 is 0 Å². The number of rotatable bonds is 1. The Hall–Kier alpha value is -1.25. The maximum Gasteiger partial charge on any atom is 0.337 e. The molecule has 0 aromatic carbocycles. The second-order valence-electron chi connectivity index (χ2n) is 1.68. The second-order valence-corrected chi connectivity index (χ2v) is 1.68. The number of aromatic amines is 1. The molecule has 0 saturated heterocycles. The molecule has 9 heavy (non-hydrogen) atoms. The van der Waals surface area contributed by atoms with Crippen molar-refractivity contribution >= 4 is 5.97 Å². The van der Waals surface area contributed by atoms with Gasteiger partial charge in [-0.2, -0.15) is 0 Å². The molecule has 0 aliphatic heterocycles. The predicted octanol–water partition coefficient (Wildman–Crippen LogP) is 0.895. The molecule has 0 aliphatic rings. The summed E-state index contributed by atoms with van der Waals surface area (Å²) < 4.78 is 0. The Bertz CT molecular complexity index is 227. The zero-order valence-electron chi connectivity index (χ0n) is 4.72. The van der Waals surface area contributed by atoms with Crippen LogP contribution in [0.5, 0.6) is 0 Å². The summed E-state index contributed by atoms with van der Waals surface area (Å²) >= 11 is 0. The lowest BCUT2D eigenvalue weighted by atomic mass is 10.3. The Kier molecular flexibility index (Phi) is 1.26. The number of carboxylic acid groups (broad SMARTS) is 1. The van der Waals surface area contributed by atoms with Crippen LogP contribution >= 0.6 is 0 Å². The summed E-state index contributed by atoms with van der Waals surface area (Å²) in [4.78, 5) is 12.9. The van der Waals surface area contributed by atoms with Gasteiger partial charge < -0.3 is 10.1 Å². The zero-order valence-corrected chi connectivity index (χ0v) is 4.72. The predicted molar refractivity (Wildman–Crippen MR) is 32.2 cm³/mol. The van der Waals surface area contributed by atoms with Crippen molar-refractivity contribution in [3.63, 3.8) is 0 Å². The lowest BCUT2D eigenvalue weighted by molar-refractivity contribution is 0.0696. The normalized spacial score (nSPS) is 9.44. The first kappa shape index (κ1) is 5.88. The smallest absolute Gasteiger partial charge is 0.337 e. The van der Waals surface area contributed by atoms with Crippen molar-refractivity contribution in [2.24, 2.45) is 0 Å². The van der Waals surface area contributed by atoms with E-state index in [9.17, 15) is 4.79 Å². The van der Waals surface area contributed by atoms with E-state index in [1.807, 2.05) is 0 Å². The molecule has 3 nitrogen and oxygen atoms in total. The van der Waals surface area contributed by atoms with E-state index in [-0.39, 0.29) is 5.56 Å². The summed E-state index contributed by atoms with van der Waals surface area (Å²) in [6.07, 6.45) is 1.55. The molecule has 1 aromatic rings. The van der Waals surface area contributed by atoms with Crippen LogP contribution in [0.25, 0.3) is 0 Å². The van der Waals surface area contributed by atoms with Crippen LogP contribution in [-0.4, -0.2) is 16.1 Å². The molecule has 1 radical (unpaired) electrons. The van der Waals surface area contributed by atoms with Crippen molar-refractivity contribution in [3.05, 3.63) is 30.4 Å². The van der Waals surface area contributed by atoms with Crippen LogP contribution in [0, 0.1) is 6.92 Å². The molecule has 0 atom stereocenters. The van der Waals surface area contributed by atoms with Gasteiger partial charge in [-0.3, -0.25) is 0 Å². The number of hydrogen-bond donors (Lipinski definition) is 2. The van der Waals surface area contributed by atoms with Crippen LogP contribution < -0.4 is 0 Å². The summed E-state index contributed by atoms with van der Waals surface area (Å²) in [5, 5.41) is 8.39. The van der Waals surface area contributed by atoms with Gasteiger partial charge in [-0.1, -0.05) is 0 Å². The minimum absolute atomic E-state index is 0.231. The van der Waals surface area contributed by atoms with Gasteiger partial charge in [-0.05, 0) is 13.0 Å². The molecule has 0 bridgehead atoms. The van der Waals surface area contributed by atoms with E-state index in [0.717, 1.165) is 0 Å². The standard InChI is InChI=1S/C6H6NO2/c1-4-5(6(8)9)2-3-7-4/h2-3,7H,1H2,(H,8,9). The molecule has 0 amide bonds. The molecule has 3 heteroatoms. The van der Waals surface area contributed by atoms with Gasteiger partial charge in [0.15, 0.2) is 0 Å². The highest BCUT2D eigenvalue weighted by Crippen LogP contribution is 2.02. The van der Waals surface area contributed by atoms with Crippen LogP contribution in [0.1, 0.15) is 16.1 Å². The molecular formula is C6H6NO2. The lowest BCUT2D eigenvalue weighted by Gasteiger charge is -1.86. The summed E-state index contributed by atoms with van der Waals surface area (Å²) in [6.45, 7) is 3.47. The zero-order chi connectivity index (χ0) is 6.85. The number of carbonyl (C=O) groups is 1. The first-order valence-electron chi connectivity index (χ1n) is 2.44. The van der Waals surface area contributed by atoms with Crippen LogP contribution in [0.4, 0.5) is 0 Å². The SMILES string of the molecule is [CH2]c1[nH]ccc1C(=O)O. The highest BCUT2D eigenvalue weighted by molar-refractivity contribution is 5.89. The van der Waals surface area contributed by atoms with Gasteiger partial charge in [0.05, 0.1) is 5.56 Å². The molecule has 1 aromatic heterocycles. The number of aromatic nitrogens is 1. The maximum atomic E-state index is 10.2. The van der Waals surface area contributed by atoms with Gasteiger partial charge in [0.1, 0.15) is 0 Å². The third kappa shape index (κ3) is 0.937. The largest absolute Gasteiger partial charge is 0.478 e. The molecule has 0 saturated carbocycles. The summed E-state index contributed by atoms with van der Waals surface area (Å²) in [7, 11) is 0. The number of carboxylic acids is 1. The topological polar surface area (TPSA) is 53.1 Å². The molecule has 1 heterocycles. The minimum Gasteiger partial charge on any atom is -0.478 e. The van der Waals surface area contributed by atoms with Crippen molar-refractivity contribution in [2.45, 2.75) is 0 Å². The van der Waals surface area contributed by atoms with E-state index in [0.29, 0.717) is 5.69 Å². The third-order valence-electron chi connectivity index (χ3n) is 1.06. The monoisotopic (exact) mass is 124 g/mol. The number of nitrogens with one attached hydrogen (secondary N) is 1. The summed E-state index contributed by atoms with van der Waals surface area (Å²) in [6, 6.07) is 1.48. The van der Waals surface area contributed by atoms with Crippen LogP contribution in [0.2, 0.25) is 0 Å². The first-order valence-corrected chi connectivity index (χ1v) is 2.44. The molecule has 0 spiro atoms. The van der Waals surface area contributed by atoms with Crippen molar-refractivity contribution in [1.82, 2.24) is 4.98 Å². The van der Waals surface area contributed by atoms with E-state index in [2.05, 4.69) is 11.9 Å². The average molecular weight is 124 g/mol. The maximum absolute atomic E-state index is 10.2. The Morgan fingerprint density at radius 3 is 2.67 bits per heavy atom. The number of H-pyrrole nitrogens is 1. The van der Waals surface area contributed by atoms with Crippen molar-refractivity contribution in [1.29, 1.82) is 0 Å². The molecular weight excluding hydrogens is 118 g/mol. The van der Waals surface area contributed by atoms with E-state index in [1.54, 1.807) is 6.20 Å². The quantitative estimate of drug-likeness (QED) is 0.584. The fourth-order valence-electron chi connectivity index (χ4n) is 0.604. The molecule has 47 valence electrons.